The van der Waals surface area contributed by atoms with Crippen LogP contribution >= 0.6 is 15.8 Å². The van der Waals surface area contributed by atoms with Gasteiger partial charge in [-0.05, 0) is 69.2 Å². The topological polar surface area (TPSA) is 18.5 Å². The third kappa shape index (κ3) is 11.9. The van der Waals surface area contributed by atoms with Crippen molar-refractivity contribution in [2.24, 2.45) is 11.8 Å². The monoisotopic (exact) mass is 780 g/mol. The second kappa shape index (κ2) is 18.0. The summed E-state index contributed by atoms with van der Waals surface area (Å²) in [5, 5.41) is 5.53. The van der Waals surface area contributed by atoms with E-state index in [0.717, 1.165) is 24.2 Å². The Morgan fingerprint density at radius 1 is 0.542 bits per heavy atom. The van der Waals surface area contributed by atoms with Crippen molar-refractivity contribution in [3.63, 3.8) is 0 Å². The molecule has 4 aromatic rings. The maximum Gasteiger partial charge on any atom is 0.673 e. The van der Waals surface area contributed by atoms with Gasteiger partial charge in [-0.3, -0.25) is 0 Å². The molecule has 255 valence electrons. The summed E-state index contributed by atoms with van der Waals surface area (Å²) < 4.78 is 52.2. The second-order valence-corrected chi connectivity index (χ2v) is 16.6. The fraction of sp³-hybridized carbons (Fsp3) is 0.263. The van der Waals surface area contributed by atoms with E-state index >= 15 is 0 Å². The first-order valence-corrected chi connectivity index (χ1v) is 18.9. The van der Waals surface area contributed by atoms with Crippen LogP contribution in [0.1, 0.15) is 20.3 Å². The molecular weight excluding hydrogens is 740 g/mol. The zero-order chi connectivity index (χ0) is 33.3. The van der Waals surface area contributed by atoms with Gasteiger partial charge >= 0.3 is 7.25 Å². The fourth-order valence-corrected chi connectivity index (χ4v) is 11.0. The number of hydrogen-bond donors (Lipinski definition) is 0. The summed E-state index contributed by atoms with van der Waals surface area (Å²) in [6.45, 7) is 4.11. The Morgan fingerprint density at radius 3 is 1.00 bits per heavy atom. The minimum atomic E-state index is -6.00. The van der Waals surface area contributed by atoms with E-state index < -0.39 is 28.9 Å². The minimum absolute atomic E-state index is 0. The van der Waals surface area contributed by atoms with Crippen molar-refractivity contribution in [1.29, 1.82) is 0 Å². The van der Waals surface area contributed by atoms with Crippen LogP contribution in [0.25, 0.3) is 0 Å². The number of ether oxygens (including phenoxy) is 2. The molecule has 3 aliphatic rings. The van der Waals surface area contributed by atoms with Crippen LogP contribution in [-0.2, 0) is 29.0 Å². The fourth-order valence-electron chi connectivity index (χ4n) is 6.06. The first-order valence-electron chi connectivity index (χ1n) is 15.9. The van der Waals surface area contributed by atoms with Gasteiger partial charge in [0.25, 0.3) is 0 Å². The van der Waals surface area contributed by atoms with Gasteiger partial charge in [-0.1, -0.05) is 146 Å². The average Bonchev–Trinajstić information content (AvgIpc) is 3.80. The van der Waals surface area contributed by atoms with Gasteiger partial charge in [0, 0.05) is 31.8 Å². The van der Waals surface area contributed by atoms with Crippen molar-refractivity contribution < 1.29 is 46.2 Å². The third-order valence-electron chi connectivity index (χ3n) is 8.04. The summed E-state index contributed by atoms with van der Waals surface area (Å²) >= 11 is 0. The van der Waals surface area contributed by atoms with Gasteiger partial charge in [0.1, 0.15) is 0 Å². The van der Waals surface area contributed by atoms with Crippen molar-refractivity contribution in [3.8, 4) is 0 Å². The number of hydrogen-bond acceptors (Lipinski definition) is 2. The Balaban J connectivity index is 0.000000335. The first-order chi connectivity index (χ1) is 22.5. The molecule has 7 rings (SSSR count). The van der Waals surface area contributed by atoms with Gasteiger partial charge in [-0.25, -0.2) is 0 Å². The van der Waals surface area contributed by atoms with Crippen LogP contribution in [0.2, 0.25) is 0 Å². The Bertz CT molecular complexity index is 1370. The summed E-state index contributed by atoms with van der Waals surface area (Å²) in [4.78, 5) is 0. The van der Waals surface area contributed by atoms with Crippen LogP contribution < -0.4 is 21.2 Å². The molecule has 1 radical (unpaired) electrons. The summed E-state index contributed by atoms with van der Waals surface area (Å²) in [5.74, 6) is 1.04. The van der Waals surface area contributed by atoms with Crippen LogP contribution in [0.4, 0.5) is 17.3 Å². The van der Waals surface area contributed by atoms with E-state index in [9.17, 15) is 17.3 Å². The van der Waals surface area contributed by atoms with Crippen molar-refractivity contribution in [1.82, 2.24) is 0 Å². The van der Waals surface area contributed by atoms with Crippen molar-refractivity contribution >= 4 is 44.3 Å². The van der Waals surface area contributed by atoms with E-state index in [1.54, 1.807) is 0 Å². The molecule has 1 aliphatic heterocycles. The predicted octanol–water partition coefficient (Wildman–Crippen LogP) is 8.82. The number of rotatable bonds is 8. The molecule has 0 spiro atoms. The van der Waals surface area contributed by atoms with Crippen molar-refractivity contribution in [2.45, 2.75) is 38.3 Å². The Labute approximate surface area is 297 Å². The molecule has 0 unspecified atom stereocenters. The molecule has 4 aromatic carbocycles. The smallest absolute Gasteiger partial charge is 0.418 e. The van der Waals surface area contributed by atoms with Crippen molar-refractivity contribution in [3.05, 3.63) is 146 Å². The zero-order valence-corrected chi connectivity index (χ0v) is 30.3. The third-order valence-corrected chi connectivity index (χ3v) is 13.2. The number of fused-ring (bicyclic) bond motifs is 2. The average molecular weight is 780 g/mol. The molecule has 0 aromatic heterocycles. The van der Waals surface area contributed by atoms with Crippen LogP contribution in [0.5, 0.6) is 0 Å². The molecular formula is C38H40BF4O2P2Rh-. The molecule has 2 aliphatic carbocycles. The number of halogens is 4. The van der Waals surface area contributed by atoms with E-state index in [4.69, 9.17) is 9.47 Å². The van der Waals surface area contributed by atoms with Crippen LogP contribution in [0, 0.1) is 11.8 Å². The van der Waals surface area contributed by atoms with Crippen LogP contribution in [0.3, 0.4) is 0 Å². The van der Waals surface area contributed by atoms with E-state index in [2.05, 4.69) is 159 Å². The van der Waals surface area contributed by atoms with E-state index in [0.29, 0.717) is 0 Å². The van der Waals surface area contributed by atoms with E-state index in [1.807, 2.05) is 0 Å². The van der Waals surface area contributed by atoms with Crippen LogP contribution in [0.15, 0.2) is 146 Å². The molecule has 0 N–H and O–H groups in total. The summed E-state index contributed by atoms with van der Waals surface area (Å²) in [6, 6.07) is 43.6. The normalized spacial score (nSPS) is 21.7. The van der Waals surface area contributed by atoms with E-state index in [1.165, 1.54) is 27.6 Å². The maximum atomic E-state index is 9.75. The SMILES string of the molecule is C1=CC2C=CC1C2.CC1(C)O[C@H](CP(c2ccccc2)c2ccccc2)[C@@H](CP(c2ccccc2)c2ccccc2)O1.F[B-](F)(F)F.[Rh]. The molecule has 2 atom stereocenters. The van der Waals surface area contributed by atoms with Gasteiger partial charge in [0.2, 0.25) is 0 Å². The molecule has 2 nitrogen and oxygen atoms in total. The molecule has 1 heterocycles. The standard InChI is InChI=1S/C31H32O2P2.C7H8.BF4.Rh/c1-31(2)32-29(23-34(25-15-7-3-8-16-25)26-17-9-4-10-18-26)30(33-31)24-35(27-19-11-5-12-20-27)28-21-13-6-14-22-28;1-2-7-4-3-6(1)5-7;2-1(3,4)5;/h3-22,29-30H,23-24H2,1-2H3;1-4,6-7H,5H2;;/q;;-1;/t29-,30-;;;/m1.../s1. The quantitative estimate of drug-likeness (QED) is 0.0771. The Kier molecular flexibility index (Phi) is 14.4. The van der Waals surface area contributed by atoms with Gasteiger partial charge < -0.3 is 26.7 Å². The van der Waals surface area contributed by atoms with E-state index in [-0.39, 0.29) is 31.7 Å². The van der Waals surface area contributed by atoms with Crippen molar-refractivity contribution in [2.75, 3.05) is 12.3 Å². The molecule has 10 heteroatoms. The molecule has 2 bridgehead atoms. The zero-order valence-electron chi connectivity index (χ0n) is 26.9. The predicted molar refractivity (Wildman–Crippen MR) is 192 cm³/mol. The van der Waals surface area contributed by atoms with Gasteiger partial charge in [-0.2, -0.15) is 0 Å². The minimum Gasteiger partial charge on any atom is -0.418 e. The van der Waals surface area contributed by atoms with Gasteiger partial charge in [0.15, 0.2) is 5.79 Å². The second-order valence-electron chi connectivity index (χ2n) is 12.1. The molecule has 0 saturated carbocycles. The summed E-state index contributed by atoms with van der Waals surface area (Å²) in [5.41, 5.74) is 0. The molecule has 1 saturated heterocycles. The molecule has 1 fully saturated rings. The van der Waals surface area contributed by atoms with Gasteiger partial charge in [-0.15, -0.1) is 0 Å². The Morgan fingerprint density at radius 2 is 0.792 bits per heavy atom. The molecule has 48 heavy (non-hydrogen) atoms. The number of allylic oxidation sites excluding steroid dienone is 4. The maximum absolute atomic E-state index is 9.75. The molecule has 0 amide bonds. The number of benzene rings is 4. The van der Waals surface area contributed by atoms with Gasteiger partial charge in [0.05, 0.1) is 12.2 Å². The van der Waals surface area contributed by atoms with Crippen LogP contribution in [-0.4, -0.2) is 37.6 Å². The summed E-state index contributed by atoms with van der Waals surface area (Å²) in [7, 11) is -7.12. The Hall–Kier alpha value is -2.45. The largest absolute Gasteiger partial charge is 0.673 e. The summed E-state index contributed by atoms with van der Waals surface area (Å²) in [6.07, 6.45) is 12.5. The first kappa shape index (κ1) is 38.4.